The van der Waals surface area contributed by atoms with E-state index in [2.05, 4.69) is 17.2 Å². The molecule has 1 atom stereocenters. The highest BCUT2D eigenvalue weighted by molar-refractivity contribution is 7.11. The molecule has 5 heteroatoms. The number of hydrogen-bond acceptors (Lipinski definition) is 5. The zero-order valence-electron chi connectivity index (χ0n) is 12.3. The molecule has 0 radical (unpaired) electrons. The second-order valence-electron chi connectivity index (χ2n) is 4.56. The van der Waals surface area contributed by atoms with Crippen LogP contribution >= 0.6 is 11.3 Å². The molecule has 0 bridgehead atoms. The minimum Gasteiger partial charge on any atom is -0.497 e. The third-order valence-corrected chi connectivity index (χ3v) is 4.07. The summed E-state index contributed by atoms with van der Waals surface area (Å²) >= 11 is 1.72. The molecule has 1 aromatic heterocycles. The van der Waals surface area contributed by atoms with Crippen molar-refractivity contribution in [3.05, 3.63) is 39.8 Å². The number of rotatable bonds is 6. The number of aryl methyl sites for hydroxylation is 1. The van der Waals surface area contributed by atoms with E-state index < -0.39 is 0 Å². The average molecular weight is 292 g/mol. The minimum atomic E-state index is 0.193. The zero-order valence-corrected chi connectivity index (χ0v) is 13.1. The van der Waals surface area contributed by atoms with Gasteiger partial charge in [0.15, 0.2) is 0 Å². The molecule has 0 saturated heterocycles. The fourth-order valence-electron chi connectivity index (χ4n) is 2.03. The summed E-state index contributed by atoms with van der Waals surface area (Å²) in [5.74, 6) is 1.64. The van der Waals surface area contributed by atoms with Crippen LogP contribution < -0.4 is 14.8 Å². The zero-order chi connectivity index (χ0) is 14.5. The largest absolute Gasteiger partial charge is 0.497 e. The van der Waals surface area contributed by atoms with Crippen LogP contribution in [0.25, 0.3) is 0 Å². The first-order valence-corrected chi connectivity index (χ1v) is 7.32. The highest BCUT2D eigenvalue weighted by atomic mass is 32.1. The summed E-state index contributed by atoms with van der Waals surface area (Å²) < 4.78 is 10.7. The average Bonchev–Trinajstić information content (AvgIpc) is 2.89. The van der Waals surface area contributed by atoms with E-state index in [1.807, 2.05) is 31.3 Å². The van der Waals surface area contributed by atoms with Crippen molar-refractivity contribution < 1.29 is 9.47 Å². The molecule has 0 aliphatic carbocycles. The number of benzene rings is 1. The van der Waals surface area contributed by atoms with Crippen LogP contribution in [0.15, 0.2) is 24.4 Å². The van der Waals surface area contributed by atoms with E-state index in [-0.39, 0.29) is 6.04 Å². The van der Waals surface area contributed by atoms with Gasteiger partial charge in [-0.1, -0.05) is 6.07 Å². The van der Waals surface area contributed by atoms with Crippen molar-refractivity contribution in [2.75, 3.05) is 14.2 Å². The predicted octanol–water partition coefficient (Wildman–Crippen LogP) is 3.32. The van der Waals surface area contributed by atoms with Gasteiger partial charge < -0.3 is 14.8 Å². The molecule has 1 N–H and O–H groups in total. The Bertz CT molecular complexity index is 569. The van der Waals surface area contributed by atoms with E-state index in [0.29, 0.717) is 0 Å². The summed E-state index contributed by atoms with van der Waals surface area (Å²) in [6.45, 7) is 4.95. The van der Waals surface area contributed by atoms with Gasteiger partial charge in [-0.05, 0) is 19.9 Å². The molecule has 1 aromatic carbocycles. The fraction of sp³-hybridized carbons (Fsp3) is 0.400. The molecule has 108 valence electrons. The number of ether oxygens (including phenoxy) is 2. The van der Waals surface area contributed by atoms with Gasteiger partial charge in [-0.15, -0.1) is 11.3 Å². The third kappa shape index (κ3) is 3.49. The van der Waals surface area contributed by atoms with Crippen LogP contribution in [-0.4, -0.2) is 19.2 Å². The van der Waals surface area contributed by atoms with E-state index in [1.165, 1.54) is 4.88 Å². The smallest absolute Gasteiger partial charge is 0.127 e. The maximum Gasteiger partial charge on any atom is 0.127 e. The molecule has 2 aromatic rings. The summed E-state index contributed by atoms with van der Waals surface area (Å²) in [6.07, 6.45) is 1.92. The van der Waals surface area contributed by atoms with Gasteiger partial charge in [0.1, 0.15) is 11.5 Å². The molecule has 0 saturated carbocycles. The van der Waals surface area contributed by atoms with E-state index in [9.17, 15) is 0 Å². The van der Waals surface area contributed by atoms with Crippen LogP contribution in [0.2, 0.25) is 0 Å². The molecule has 0 fully saturated rings. The summed E-state index contributed by atoms with van der Waals surface area (Å²) in [5, 5.41) is 4.58. The summed E-state index contributed by atoms with van der Waals surface area (Å²) in [7, 11) is 3.33. The van der Waals surface area contributed by atoms with Gasteiger partial charge in [0.05, 0.1) is 19.2 Å². The Balaban J connectivity index is 2.06. The summed E-state index contributed by atoms with van der Waals surface area (Å²) in [4.78, 5) is 5.50. The Morgan fingerprint density at radius 1 is 1.30 bits per heavy atom. The molecular formula is C15H20N2O2S. The number of methoxy groups -OCH3 is 2. The Kier molecular flexibility index (Phi) is 4.98. The Hall–Kier alpha value is -1.59. The first-order chi connectivity index (χ1) is 9.63. The Morgan fingerprint density at radius 3 is 2.70 bits per heavy atom. The molecule has 1 unspecified atom stereocenters. The molecule has 2 rings (SSSR count). The van der Waals surface area contributed by atoms with Gasteiger partial charge in [-0.2, -0.15) is 0 Å². The Morgan fingerprint density at radius 2 is 2.10 bits per heavy atom. The highest BCUT2D eigenvalue weighted by Crippen LogP contribution is 2.29. The van der Waals surface area contributed by atoms with E-state index in [0.717, 1.165) is 28.6 Å². The van der Waals surface area contributed by atoms with Crippen molar-refractivity contribution in [3.8, 4) is 11.5 Å². The summed E-state index contributed by atoms with van der Waals surface area (Å²) in [5.41, 5.74) is 1.12. The van der Waals surface area contributed by atoms with Crippen molar-refractivity contribution in [2.45, 2.75) is 26.4 Å². The van der Waals surface area contributed by atoms with Crippen LogP contribution in [0.3, 0.4) is 0 Å². The van der Waals surface area contributed by atoms with Crippen LogP contribution in [0.5, 0.6) is 11.5 Å². The third-order valence-electron chi connectivity index (χ3n) is 3.16. The topological polar surface area (TPSA) is 43.4 Å². The second-order valence-corrected chi connectivity index (χ2v) is 5.88. The molecule has 0 amide bonds. The predicted molar refractivity (Wildman–Crippen MR) is 81.7 cm³/mol. The second kappa shape index (κ2) is 6.72. The number of nitrogens with one attached hydrogen (secondary N) is 1. The maximum atomic E-state index is 5.44. The molecule has 1 heterocycles. The molecule has 20 heavy (non-hydrogen) atoms. The van der Waals surface area contributed by atoms with Crippen molar-refractivity contribution >= 4 is 11.3 Å². The molecule has 0 aliphatic rings. The van der Waals surface area contributed by atoms with Crippen LogP contribution in [0.4, 0.5) is 0 Å². The highest BCUT2D eigenvalue weighted by Gasteiger charge is 2.12. The van der Waals surface area contributed by atoms with Crippen LogP contribution in [0, 0.1) is 6.92 Å². The lowest BCUT2D eigenvalue weighted by molar-refractivity contribution is 0.386. The maximum absolute atomic E-state index is 5.44. The normalized spacial score (nSPS) is 12.2. The van der Waals surface area contributed by atoms with Crippen LogP contribution in [-0.2, 0) is 6.54 Å². The molecule has 0 aliphatic heterocycles. The van der Waals surface area contributed by atoms with Gasteiger partial charge in [0.2, 0.25) is 0 Å². The molecule has 0 spiro atoms. The van der Waals surface area contributed by atoms with Crippen molar-refractivity contribution in [2.24, 2.45) is 0 Å². The lowest BCUT2D eigenvalue weighted by Gasteiger charge is -2.17. The van der Waals surface area contributed by atoms with Gasteiger partial charge >= 0.3 is 0 Å². The lowest BCUT2D eigenvalue weighted by atomic mass is 10.1. The van der Waals surface area contributed by atoms with Crippen molar-refractivity contribution in [1.29, 1.82) is 0 Å². The number of hydrogen-bond donors (Lipinski definition) is 1. The molecule has 4 nitrogen and oxygen atoms in total. The SMILES string of the molecule is COc1ccc(C(C)NCc2cnc(C)s2)c(OC)c1. The number of nitrogens with zero attached hydrogens (tertiary/aromatic N) is 1. The first kappa shape index (κ1) is 14.8. The lowest BCUT2D eigenvalue weighted by Crippen LogP contribution is -2.18. The van der Waals surface area contributed by atoms with Gasteiger partial charge in [0, 0.05) is 35.3 Å². The number of aromatic nitrogens is 1. The van der Waals surface area contributed by atoms with Gasteiger partial charge in [-0.3, -0.25) is 0 Å². The first-order valence-electron chi connectivity index (χ1n) is 6.50. The standard InChI is InChI=1S/C15H20N2O2S/c1-10(16-8-13-9-17-11(2)20-13)14-6-5-12(18-3)7-15(14)19-4/h5-7,9-10,16H,8H2,1-4H3. The van der Waals surface area contributed by atoms with Gasteiger partial charge in [-0.25, -0.2) is 4.98 Å². The summed E-state index contributed by atoms with van der Waals surface area (Å²) in [6, 6.07) is 6.09. The van der Waals surface area contributed by atoms with E-state index >= 15 is 0 Å². The minimum absolute atomic E-state index is 0.193. The van der Waals surface area contributed by atoms with Crippen LogP contribution in [0.1, 0.15) is 28.4 Å². The van der Waals surface area contributed by atoms with E-state index in [1.54, 1.807) is 25.6 Å². The quantitative estimate of drug-likeness (QED) is 0.887. The Labute approximate surface area is 123 Å². The monoisotopic (exact) mass is 292 g/mol. The van der Waals surface area contributed by atoms with Gasteiger partial charge in [0.25, 0.3) is 0 Å². The fourth-order valence-corrected chi connectivity index (χ4v) is 2.77. The van der Waals surface area contributed by atoms with E-state index in [4.69, 9.17) is 9.47 Å². The molecular weight excluding hydrogens is 272 g/mol. The van der Waals surface area contributed by atoms with Crippen molar-refractivity contribution in [1.82, 2.24) is 10.3 Å². The number of thiazole rings is 1. The van der Waals surface area contributed by atoms with Crippen molar-refractivity contribution in [3.63, 3.8) is 0 Å².